The van der Waals surface area contributed by atoms with Crippen LogP contribution in [0.3, 0.4) is 0 Å². The summed E-state index contributed by atoms with van der Waals surface area (Å²) in [5.74, 6) is -2.35. The Hall–Kier alpha value is -2.37. The standard InChI is InChI=1S/C32H53NO5/c1-4-7-8-9-10-11-12-13-14-15-16-17-18-19-26-33-28-22-20-27(21-23-28)31(35)29(32(36)38-6-3)24-25-30(34)37-5-2/h20-23,29,33H,4-19,24-26H2,1-3H3. The van der Waals surface area contributed by atoms with Crippen LogP contribution in [0.1, 0.15) is 134 Å². The van der Waals surface area contributed by atoms with E-state index in [1.165, 1.54) is 83.5 Å². The van der Waals surface area contributed by atoms with E-state index in [9.17, 15) is 14.4 Å². The Balaban J connectivity index is 2.24. The average molecular weight is 532 g/mol. The summed E-state index contributed by atoms with van der Waals surface area (Å²) in [6.07, 6.45) is 18.9. The Morgan fingerprint density at radius 3 is 1.68 bits per heavy atom. The molecule has 1 aromatic carbocycles. The first-order valence-corrected chi connectivity index (χ1v) is 15.2. The van der Waals surface area contributed by atoms with Gasteiger partial charge < -0.3 is 14.8 Å². The molecule has 0 radical (unpaired) electrons. The number of hydrogen-bond donors (Lipinski definition) is 1. The fourth-order valence-corrected chi connectivity index (χ4v) is 4.60. The van der Waals surface area contributed by atoms with E-state index in [2.05, 4.69) is 12.2 Å². The second-order valence-corrected chi connectivity index (χ2v) is 10.1. The summed E-state index contributed by atoms with van der Waals surface area (Å²) in [7, 11) is 0. The third-order valence-corrected chi connectivity index (χ3v) is 6.86. The molecule has 0 aliphatic carbocycles. The molecule has 1 atom stereocenters. The zero-order valence-corrected chi connectivity index (χ0v) is 24.4. The Bertz CT molecular complexity index is 762. The second-order valence-electron chi connectivity index (χ2n) is 10.1. The highest BCUT2D eigenvalue weighted by Crippen LogP contribution is 2.19. The van der Waals surface area contributed by atoms with Crippen LogP contribution in [0.5, 0.6) is 0 Å². The van der Waals surface area contributed by atoms with Crippen molar-refractivity contribution in [2.45, 2.75) is 124 Å². The Kier molecular flexibility index (Phi) is 20.0. The van der Waals surface area contributed by atoms with Gasteiger partial charge in [0, 0.05) is 24.2 Å². The van der Waals surface area contributed by atoms with E-state index in [1.54, 1.807) is 26.0 Å². The first kappa shape index (κ1) is 33.7. The number of esters is 2. The molecular weight excluding hydrogens is 478 g/mol. The Morgan fingerprint density at radius 1 is 0.684 bits per heavy atom. The van der Waals surface area contributed by atoms with Crippen molar-refractivity contribution in [3.63, 3.8) is 0 Å². The average Bonchev–Trinajstić information content (AvgIpc) is 2.91. The van der Waals surface area contributed by atoms with Gasteiger partial charge in [-0.2, -0.15) is 0 Å². The summed E-state index contributed by atoms with van der Waals surface area (Å²) in [6, 6.07) is 7.19. The van der Waals surface area contributed by atoms with Crippen molar-refractivity contribution in [1.82, 2.24) is 0 Å². The van der Waals surface area contributed by atoms with Gasteiger partial charge in [0.25, 0.3) is 0 Å². The number of carbonyl (C=O) groups excluding carboxylic acids is 3. The minimum absolute atomic E-state index is 0.00188. The van der Waals surface area contributed by atoms with Crippen molar-refractivity contribution < 1.29 is 23.9 Å². The lowest BCUT2D eigenvalue weighted by Gasteiger charge is -2.15. The maximum absolute atomic E-state index is 13.0. The predicted molar refractivity (Wildman–Crippen MR) is 156 cm³/mol. The van der Waals surface area contributed by atoms with Crippen LogP contribution in [0.25, 0.3) is 0 Å². The topological polar surface area (TPSA) is 81.7 Å². The lowest BCUT2D eigenvalue weighted by Crippen LogP contribution is -2.27. The summed E-state index contributed by atoms with van der Waals surface area (Å²) in [5, 5.41) is 3.42. The predicted octanol–water partition coefficient (Wildman–Crippen LogP) is 8.29. The number of anilines is 1. The zero-order chi connectivity index (χ0) is 27.8. The van der Waals surface area contributed by atoms with Crippen LogP contribution < -0.4 is 5.32 Å². The van der Waals surface area contributed by atoms with Gasteiger partial charge in [-0.1, -0.05) is 90.4 Å². The van der Waals surface area contributed by atoms with Crippen molar-refractivity contribution >= 4 is 23.4 Å². The first-order valence-electron chi connectivity index (χ1n) is 15.2. The maximum atomic E-state index is 13.0. The summed E-state index contributed by atoms with van der Waals surface area (Å²) in [5.41, 5.74) is 1.39. The van der Waals surface area contributed by atoms with Crippen molar-refractivity contribution in [1.29, 1.82) is 0 Å². The molecule has 0 aromatic heterocycles. The number of Topliss-reactive ketones (excluding diaryl/α,β-unsaturated/α-hetero) is 1. The van der Waals surface area contributed by atoms with E-state index >= 15 is 0 Å². The number of carbonyl (C=O) groups is 3. The second kappa shape index (κ2) is 22.6. The summed E-state index contributed by atoms with van der Waals surface area (Å²) in [6.45, 7) is 7.04. The van der Waals surface area contributed by atoms with Gasteiger partial charge in [0.15, 0.2) is 5.78 Å². The molecule has 0 heterocycles. The number of rotatable bonds is 24. The number of unbranched alkanes of at least 4 members (excludes halogenated alkanes) is 13. The van der Waals surface area contributed by atoms with Crippen LogP contribution in [0, 0.1) is 5.92 Å². The highest BCUT2D eigenvalue weighted by Gasteiger charge is 2.29. The van der Waals surface area contributed by atoms with Gasteiger partial charge in [-0.05, 0) is 51.0 Å². The van der Waals surface area contributed by atoms with Crippen molar-refractivity contribution in [2.75, 3.05) is 25.1 Å². The van der Waals surface area contributed by atoms with Crippen LogP contribution in [0.2, 0.25) is 0 Å². The molecule has 38 heavy (non-hydrogen) atoms. The molecule has 0 saturated carbocycles. The SMILES string of the molecule is CCCCCCCCCCCCCCCCNc1ccc(C(=O)C(CCC(=O)OCC)C(=O)OCC)cc1. The number of ketones is 1. The minimum Gasteiger partial charge on any atom is -0.466 e. The van der Waals surface area contributed by atoms with Gasteiger partial charge in [0.2, 0.25) is 0 Å². The van der Waals surface area contributed by atoms with Gasteiger partial charge in [-0.15, -0.1) is 0 Å². The molecular formula is C32H53NO5. The number of hydrogen-bond acceptors (Lipinski definition) is 6. The molecule has 6 nitrogen and oxygen atoms in total. The smallest absolute Gasteiger partial charge is 0.316 e. The van der Waals surface area contributed by atoms with Crippen LogP contribution >= 0.6 is 0 Å². The first-order chi connectivity index (χ1) is 18.5. The Morgan fingerprint density at radius 2 is 1.18 bits per heavy atom. The number of nitrogens with one attached hydrogen (secondary N) is 1. The molecule has 0 spiro atoms. The molecule has 0 aliphatic heterocycles. The van der Waals surface area contributed by atoms with Crippen LogP contribution in [0.4, 0.5) is 5.69 Å². The van der Waals surface area contributed by atoms with E-state index in [0.29, 0.717) is 5.56 Å². The third kappa shape index (κ3) is 15.8. The lowest BCUT2D eigenvalue weighted by molar-refractivity contribution is -0.147. The minimum atomic E-state index is -1.01. The fraction of sp³-hybridized carbons (Fsp3) is 0.719. The van der Waals surface area contributed by atoms with Crippen molar-refractivity contribution in [3.8, 4) is 0 Å². The largest absolute Gasteiger partial charge is 0.466 e. The fourth-order valence-electron chi connectivity index (χ4n) is 4.60. The van der Waals surface area contributed by atoms with E-state index in [0.717, 1.165) is 18.7 Å². The molecule has 0 fully saturated rings. The summed E-state index contributed by atoms with van der Waals surface area (Å²) >= 11 is 0. The van der Waals surface area contributed by atoms with Crippen LogP contribution in [0.15, 0.2) is 24.3 Å². The highest BCUT2D eigenvalue weighted by molar-refractivity contribution is 6.08. The van der Waals surface area contributed by atoms with Crippen LogP contribution in [-0.4, -0.2) is 37.5 Å². The van der Waals surface area contributed by atoms with Gasteiger partial charge in [-0.3, -0.25) is 14.4 Å². The quantitative estimate of drug-likeness (QED) is 0.0625. The molecule has 0 bridgehead atoms. The molecule has 1 N–H and O–H groups in total. The van der Waals surface area contributed by atoms with E-state index in [-0.39, 0.29) is 31.8 Å². The summed E-state index contributed by atoms with van der Waals surface area (Å²) < 4.78 is 10.0. The third-order valence-electron chi connectivity index (χ3n) is 6.86. The van der Waals surface area contributed by atoms with Gasteiger partial charge in [0.05, 0.1) is 13.2 Å². The number of benzene rings is 1. The van der Waals surface area contributed by atoms with Crippen molar-refractivity contribution in [3.05, 3.63) is 29.8 Å². The van der Waals surface area contributed by atoms with E-state index in [1.807, 2.05) is 12.1 Å². The summed E-state index contributed by atoms with van der Waals surface area (Å²) in [4.78, 5) is 37.1. The van der Waals surface area contributed by atoms with Crippen molar-refractivity contribution in [2.24, 2.45) is 5.92 Å². The molecule has 1 rings (SSSR count). The zero-order valence-electron chi connectivity index (χ0n) is 24.4. The van der Waals surface area contributed by atoms with Crippen LogP contribution in [-0.2, 0) is 19.1 Å². The molecule has 216 valence electrons. The molecule has 0 saturated heterocycles. The lowest BCUT2D eigenvalue weighted by atomic mass is 9.93. The molecule has 0 aliphatic rings. The Labute approximate surface area is 231 Å². The monoisotopic (exact) mass is 531 g/mol. The van der Waals surface area contributed by atoms with Gasteiger partial charge in [-0.25, -0.2) is 0 Å². The maximum Gasteiger partial charge on any atom is 0.316 e. The number of ether oxygens (including phenoxy) is 2. The normalized spacial score (nSPS) is 11.7. The van der Waals surface area contributed by atoms with Gasteiger partial charge in [0.1, 0.15) is 5.92 Å². The van der Waals surface area contributed by atoms with E-state index in [4.69, 9.17) is 9.47 Å². The molecule has 0 amide bonds. The van der Waals surface area contributed by atoms with Gasteiger partial charge >= 0.3 is 11.9 Å². The highest BCUT2D eigenvalue weighted by atomic mass is 16.5. The molecule has 1 unspecified atom stereocenters. The molecule has 1 aromatic rings. The van der Waals surface area contributed by atoms with E-state index < -0.39 is 17.9 Å². The molecule has 6 heteroatoms.